The van der Waals surface area contributed by atoms with Crippen LogP contribution in [0.1, 0.15) is 5.69 Å². The Morgan fingerprint density at radius 1 is 1.42 bits per heavy atom. The molecule has 0 spiro atoms. The van der Waals surface area contributed by atoms with Crippen molar-refractivity contribution in [2.45, 2.75) is 23.4 Å². The van der Waals surface area contributed by atoms with Crippen molar-refractivity contribution in [3.63, 3.8) is 0 Å². The van der Waals surface area contributed by atoms with Crippen LogP contribution in [0, 0.1) is 23.7 Å². The standard InChI is InChI=1S/C13H13N7O4/c1-2-12(5-21)7(22)8(23)13(4-14,24-12)6-3-17-10-9(15)18-11(16)19-20(6)10/h1,3,7-8,21-23H,5H2,(H4,15,16,18,19)/t7?,8?,12-,13+/m1/s1. The molecule has 0 aliphatic carbocycles. The molecule has 2 unspecified atom stereocenters. The summed E-state index contributed by atoms with van der Waals surface area (Å²) in [7, 11) is 0. The summed E-state index contributed by atoms with van der Waals surface area (Å²) in [5.74, 6) is 1.83. The van der Waals surface area contributed by atoms with Gasteiger partial charge in [-0.1, -0.05) is 5.92 Å². The van der Waals surface area contributed by atoms with Crippen molar-refractivity contribution in [2.24, 2.45) is 0 Å². The summed E-state index contributed by atoms with van der Waals surface area (Å²) in [6.07, 6.45) is 2.97. The van der Waals surface area contributed by atoms with Gasteiger partial charge in [-0.25, -0.2) is 9.50 Å². The molecule has 0 saturated carbocycles. The summed E-state index contributed by atoms with van der Waals surface area (Å²) in [5, 5.41) is 43.7. The first-order valence-corrected chi connectivity index (χ1v) is 6.68. The molecule has 4 atom stereocenters. The molecule has 11 nitrogen and oxygen atoms in total. The van der Waals surface area contributed by atoms with Gasteiger partial charge in [-0.2, -0.15) is 10.2 Å². The highest BCUT2D eigenvalue weighted by Gasteiger charge is 2.64. The maximum absolute atomic E-state index is 10.4. The molecule has 0 aromatic carbocycles. The monoisotopic (exact) mass is 331 g/mol. The number of aromatic nitrogens is 4. The number of nitrogens with two attached hydrogens (primary N) is 2. The number of imidazole rings is 1. The first-order chi connectivity index (χ1) is 11.3. The number of rotatable bonds is 2. The third-order valence-corrected chi connectivity index (χ3v) is 3.97. The molecule has 1 fully saturated rings. The largest absolute Gasteiger partial charge is 0.392 e. The van der Waals surface area contributed by atoms with Crippen molar-refractivity contribution < 1.29 is 20.1 Å². The van der Waals surface area contributed by atoms with Crippen LogP contribution in [0.3, 0.4) is 0 Å². The van der Waals surface area contributed by atoms with Gasteiger partial charge in [0.25, 0.3) is 0 Å². The number of nitrogen functional groups attached to an aromatic ring is 2. The number of aliphatic hydroxyl groups excluding tert-OH is 3. The summed E-state index contributed by atoms with van der Waals surface area (Å²) in [6, 6.07) is 1.77. The number of fused-ring (bicyclic) bond motifs is 1. The van der Waals surface area contributed by atoms with E-state index in [1.54, 1.807) is 6.07 Å². The molecule has 1 saturated heterocycles. The molecule has 3 heterocycles. The average molecular weight is 331 g/mol. The molecule has 24 heavy (non-hydrogen) atoms. The number of ether oxygens (including phenoxy) is 1. The number of terminal acetylenes is 1. The van der Waals surface area contributed by atoms with E-state index in [0.717, 1.165) is 4.52 Å². The lowest BCUT2D eigenvalue weighted by Gasteiger charge is -2.25. The van der Waals surface area contributed by atoms with E-state index >= 15 is 0 Å². The average Bonchev–Trinajstić information content (AvgIpc) is 3.08. The lowest BCUT2D eigenvalue weighted by Crippen LogP contribution is -2.45. The Morgan fingerprint density at radius 2 is 2.12 bits per heavy atom. The van der Waals surface area contributed by atoms with Crippen LogP contribution < -0.4 is 11.5 Å². The number of nitrogens with zero attached hydrogens (tertiary/aromatic N) is 5. The number of nitriles is 1. The minimum absolute atomic E-state index is 0.0553. The highest BCUT2D eigenvalue weighted by molar-refractivity contribution is 5.61. The Balaban J connectivity index is 2.28. The van der Waals surface area contributed by atoms with Gasteiger partial charge in [-0.15, -0.1) is 11.5 Å². The van der Waals surface area contributed by atoms with Crippen molar-refractivity contribution in [2.75, 3.05) is 18.1 Å². The summed E-state index contributed by atoms with van der Waals surface area (Å²) >= 11 is 0. The van der Waals surface area contributed by atoms with E-state index in [1.807, 2.05) is 0 Å². The van der Waals surface area contributed by atoms with Gasteiger partial charge in [0.05, 0.1) is 12.8 Å². The zero-order chi connectivity index (χ0) is 17.7. The van der Waals surface area contributed by atoms with Crippen molar-refractivity contribution in [1.82, 2.24) is 19.6 Å². The predicted molar refractivity (Wildman–Crippen MR) is 78.6 cm³/mol. The molecule has 0 amide bonds. The zero-order valence-electron chi connectivity index (χ0n) is 12.2. The van der Waals surface area contributed by atoms with E-state index in [0.29, 0.717) is 0 Å². The second-order valence-electron chi connectivity index (χ2n) is 5.27. The number of hydrogen-bond acceptors (Lipinski definition) is 10. The third kappa shape index (κ3) is 1.78. The molecule has 3 rings (SSSR count). The van der Waals surface area contributed by atoms with E-state index in [-0.39, 0.29) is 23.1 Å². The summed E-state index contributed by atoms with van der Waals surface area (Å²) < 4.78 is 6.56. The van der Waals surface area contributed by atoms with Crippen LogP contribution in [-0.2, 0) is 10.3 Å². The van der Waals surface area contributed by atoms with Crippen LogP contribution in [0.4, 0.5) is 11.8 Å². The third-order valence-electron chi connectivity index (χ3n) is 3.97. The van der Waals surface area contributed by atoms with E-state index in [2.05, 4.69) is 21.0 Å². The molecule has 0 bridgehead atoms. The Labute approximate surface area is 135 Å². The van der Waals surface area contributed by atoms with Gasteiger partial charge in [0.15, 0.2) is 17.1 Å². The van der Waals surface area contributed by atoms with Crippen LogP contribution in [0.15, 0.2) is 6.20 Å². The molecular weight excluding hydrogens is 318 g/mol. The van der Waals surface area contributed by atoms with Crippen molar-refractivity contribution in [3.8, 4) is 18.4 Å². The number of anilines is 2. The highest BCUT2D eigenvalue weighted by atomic mass is 16.6. The van der Waals surface area contributed by atoms with Gasteiger partial charge in [0, 0.05) is 0 Å². The van der Waals surface area contributed by atoms with Crippen molar-refractivity contribution >= 4 is 17.4 Å². The van der Waals surface area contributed by atoms with Gasteiger partial charge < -0.3 is 31.5 Å². The van der Waals surface area contributed by atoms with Gasteiger partial charge in [0.2, 0.25) is 11.5 Å². The maximum Gasteiger partial charge on any atom is 0.240 e. The van der Waals surface area contributed by atoms with Gasteiger partial charge in [-0.05, 0) is 0 Å². The summed E-state index contributed by atoms with van der Waals surface area (Å²) in [6.45, 7) is -0.818. The van der Waals surface area contributed by atoms with E-state index in [1.165, 1.54) is 6.20 Å². The highest BCUT2D eigenvalue weighted by Crippen LogP contribution is 2.44. The molecule has 124 valence electrons. The first kappa shape index (κ1) is 15.9. The van der Waals surface area contributed by atoms with E-state index in [9.17, 15) is 20.6 Å². The second kappa shape index (κ2) is 5.02. The summed E-state index contributed by atoms with van der Waals surface area (Å²) in [5.41, 5.74) is 7.12. The van der Waals surface area contributed by atoms with Crippen LogP contribution in [0.2, 0.25) is 0 Å². The van der Waals surface area contributed by atoms with Crippen LogP contribution >= 0.6 is 0 Å². The minimum atomic E-state index is -2.15. The number of hydrogen-bond donors (Lipinski definition) is 5. The molecule has 1 aliphatic heterocycles. The fourth-order valence-corrected chi connectivity index (χ4v) is 2.69. The fourth-order valence-electron chi connectivity index (χ4n) is 2.69. The van der Waals surface area contributed by atoms with Gasteiger partial charge >= 0.3 is 0 Å². The Bertz CT molecular complexity index is 900. The molecule has 1 aliphatic rings. The fraction of sp³-hybridized carbons (Fsp3) is 0.385. The quantitative estimate of drug-likeness (QED) is 0.357. The van der Waals surface area contributed by atoms with E-state index in [4.69, 9.17) is 22.6 Å². The van der Waals surface area contributed by atoms with E-state index < -0.39 is 30.0 Å². The molecule has 2 aromatic rings. The Kier molecular flexibility index (Phi) is 3.33. The molecule has 7 N–H and O–H groups in total. The molecular formula is C13H13N7O4. The van der Waals surface area contributed by atoms with Crippen LogP contribution in [0.25, 0.3) is 5.65 Å². The zero-order valence-corrected chi connectivity index (χ0v) is 12.2. The minimum Gasteiger partial charge on any atom is -0.392 e. The normalized spacial score (nSPS) is 32.5. The van der Waals surface area contributed by atoms with Crippen LogP contribution in [-0.4, -0.2) is 59.3 Å². The second-order valence-corrected chi connectivity index (χ2v) is 5.27. The predicted octanol–water partition coefficient (Wildman–Crippen LogP) is -2.88. The SMILES string of the molecule is C#C[C@]1(CO)O[C@@](C#N)(c2cnc3c(N)nc(N)nn23)C(O)C1O. The molecule has 0 radical (unpaired) electrons. The van der Waals surface area contributed by atoms with Crippen LogP contribution in [0.5, 0.6) is 0 Å². The topological polar surface area (TPSA) is 189 Å². The maximum atomic E-state index is 10.4. The summed E-state index contributed by atoms with van der Waals surface area (Å²) in [4.78, 5) is 7.71. The lowest BCUT2D eigenvalue weighted by atomic mass is 9.89. The molecule has 11 heteroatoms. The van der Waals surface area contributed by atoms with Crippen molar-refractivity contribution in [1.29, 1.82) is 5.26 Å². The number of aliphatic hydroxyl groups is 3. The Morgan fingerprint density at radius 3 is 2.67 bits per heavy atom. The lowest BCUT2D eigenvalue weighted by molar-refractivity contribution is -0.101. The smallest absolute Gasteiger partial charge is 0.240 e. The van der Waals surface area contributed by atoms with Crippen molar-refractivity contribution in [3.05, 3.63) is 11.9 Å². The Hall–Kier alpha value is -2.96. The van der Waals surface area contributed by atoms with Gasteiger partial charge in [-0.3, -0.25) is 0 Å². The van der Waals surface area contributed by atoms with Gasteiger partial charge in [0.1, 0.15) is 24.0 Å². The molecule has 2 aromatic heterocycles. The first-order valence-electron chi connectivity index (χ1n) is 6.68.